The molecule has 4 nitrogen and oxygen atoms in total. The van der Waals surface area contributed by atoms with Crippen LogP contribution in [0.3, 0.4) is 0 Å². The van der Waals surface area contributed by atoms with E-state index in [-0.39, 0.29) is 6.04 Å². The van der Waals surface area contributed by atoms with Gasteiger partial charge >= 0.3 is 0 Å². The standard InChI is InChI=1S/C13H18N2O2S/c1-9(2)15-8-12-6-11-5-10(7-14)3-4-13(11)18(12,16)17/h3-6,9,15H,7-8,14H2,1-2H3. The summed E-state index contributed by atoms with van der Waals surface area (Å²) in [6.07, 6.45) is 1.74. The molecule has 1 aliphatic rings. The molecule has 1 aromatic carbocycles. The first-order chi connectivity index (χ1) is 8.45. The second-order valence-electron chi connectivity index (χ2n) is 4.73. The predicted molar refractivity (Wildman–Crippen MR) is 72.6 cm³/mol. The third kappa shape index (κ3) is 2.34. The molecule has 0 fully saturated rings. The van der Waals surface area contributed by atoms with Crippen molar-refractivity contribution in [3.05, 3.63) is 34.2 Å². The normalized spacial score (nSPS) is 16.8. The second-order valence-corrected chi connectivity index (χ2v) is 6.70. The van der Waals surface area contributed by atoms with Crippen molar-refractivity contribution in [2.24, 2.45) is 5.73 Å². The van der Waals surface area contributed by atoms with E-state index < -0.39 is 9.84 Å². The largest absolute Gasteiger partial charge is 0.326 e. The van der Waals surface area contributed by atoms with Gasteiger partial charge in [0.15, 0.2) is 0 Å². The molecule has 0 saturated heterocycles. The van der Waals surface area contributed by atoms with Gasteiger partial charge in [0.2, 0.25) is 9.84 Å². The van der Waals surface area contributed by atoms with Crippen LogP contribution in [0.4, 0.5) is 0 Å². The molecule has 0 bridgehead atoms. The Morgan fingerprint density at radius 3 is 2.67 bits per heavy atom. The molecule has 18 heavy (non-hydrogen) atoms. The minimum Gasteiger partial charge on any atom is -0.326 e. The molecular weight excluding hydrogens is 248 g/mol. The zero-order valence-corrected chi connectivity index (χ0v) is 11.4. The Kier molecular flexibility index (Phi) is 3.56. The Hall–Kier alpha value is -1.17. The molecule has 1 aromatic rings. The number of fused-ring (bicyclic) bond motifs is 1. The Morgan fingerprint density at radius 1 is 1.33 bits per heavy atom. The van der Waals surface area contributed by atoms with Crippen LogP contribution in [0.5, 0.6) is 0 Å². The molecule has 0 unspecified atom stereocenters. The fourth-order valence-electron chi connectivity index (χ4n) is 1.93. The summed E-state index contributed by atoms with van der Waals surface area (Å²) in [5, 5.41) is 3.13. The van der Waals surface area contributed by atoms with E-state index in [4.69, 9.17) is 5.73 Å². The molecule has 98 valence electrons. The van der Waals surface area contributed by atoms with Gasteiger partial charge in [0, 0.05) is 19.1 Å². The van der Waals surface area contributed by atoms with E-state index in [2.05, 4.69) is 5.32 Å². The average molecular weight is 266 g/mol. The molecule has 0 radical (unpaired) electrons. The fourth-order valence-corrected chi connectivity index (χ4v) is 3.44. The summed E-state index contributed by atoms with van der Waals surface area (Å²) in [5.74, 6) is 0. The maximum absolute atomic E-state index is 12.3. The second kappa shape index (κ2) is 4.84. The molecular formula is C13H18N2O2S. The van der Waals surface area contributed by atoms with E-state index in [0.29, 0.717) is 22.9 Å². The summed E-state index contributed by atoms with van der Waals surface area (Å²) in [4.78, 5) is 0.820. The summed E-state index contributed by atoms with van der Waals surface area (Å²) < 4.78 is 24.5. The molecule has 1 heterocycles. The van der Waals surface area contributed by atoms with Crippen LogP contribution in [0.2, 0.25) is 0 Å². The van der Waals surface area contributed by atoms with E-state index in [1.165, 1.54) is 0 Å². The molecule has 1 aliphatic heterocycles. The highest BCUT2D eigenvalue weighted by Crippen LogP contribution is 2.32. The smallest absolute Gasteiger partial charge is 0.204 e. The number of nitrogens with one attached hydrogen (secondary N) is 1. The van der Waals surface area contributed by atoms with Gasteiger partial charge in [-0.3, -0.25) is 0 Å². The van der Waals surface area contributed by atoms with Gasteiger partial charge in [-0.1, -0.05) is 19.9 Å². The molecule has 0 aliphatic carbocycles. The summed E-state index contributed by atoms with van der Waals surface area (Å²) in [5.41, 5.74) is 7.25. The molecule has 0 spiro atoms. The first-order valence-corrected chi connectivity index (χ1v) is 7.45. The van der Waals surface area contributed by atoms with Gasteiger partial charge in [-0.2, -0.15) is 0 Å². The number of hydrogen-bond acceptors (Lipinski definition) is 4. The van der Waals surface area contributed by atoms with Crippen molar-refractivity contribution in [2.45, 2.75) is 31.3 Å². The third-order valence-electron chi connectivity index (χ3n) is 2.95. The van der Waals surface area contributed by atoms with Gasteiger partial charge in [0.05, 0.1) is 9.80 Å². The number of sulfone groups is 1. The first kappa shape index (κ1) is 13.3. The Bertz CT molecular complexity index is 589. The van der Waals surface area contributed by atoms with Gasteiger partial charge in [-0.05, 0) is 29.3 Å². The van der Waals surface area contributed by atoms with Gasteiger partial charge in [0.1, 0.15) is 0 Å². The lowest BCUT2D eigenvalue weighted by atomic mass is 10.1. The lowest BCUT2D eigenvalue weighted by Crippen LogP contribution is -2.26. The predicted octanol–water partition coefficient (Wildman–Crippen LogP) is 1.27. The minimum atomic E-state index is -3.31. The highest BCUT2D eigenvalue weighted by atomic mass is 32.2. The van der Waals surface area contributed by atoms with Crippen LogP contribution in [0.25, 0.3) is 6.08 Å². The van der Waals surface area contributed by atoms with Crippen LogP contribution in [-0.4, -0.2) is 21.0 Å². The van der Waals surface area contributed by atoms with E-state index in [0.717, 1.165) is 11.1 Å². The SMILES string of the molecule is CC(C)NCC1=Cc2cc(CN)ccc2S1(=O)=O. The maximum atomic E-state index is 12.3. The topological polar surface area (TPSA) is 72.2 Å². The van der Waals surface area contributed by atoms with Crippen molar-refractivity contribution in [3.63, 3.8) is 0 Å². The van der Waals surface area contributed by atoms with Crippen LogP contribution >= 0.6 is 0 Å². The van der Waals surface area contributed by atoms with Crippen molar-refractivity contribution < 1.29 is 8.42 Å². The van der Waals surface area contributed by atoms with Crippen LogP contribution in [0.1, 0.15) is 25.0 Å². The number of benzene rings is 1. The van der Waals surface area contributed by atoms with Crippen molar-refractivity contribution in [1.29, 1.82) is 0 Å². The van der Waals surface area contributed by atoms with E-state index in [9.17, 15) is 8.42 Å². The highest BCUT2D eigenvalue weighted by molar-refractivity contribution is 7.95. The summed E-state index contributed by atoms with van der Waals surface area (Å²) in [7, 11) is -3.31. The highest BCUT2D eigenvalue weighted by Gasteiger charge is 2.29. The van der Waals surface area contributed by atoms with E-state index >= 15 is 0 Å². The van der Waals surface area contributed by atoms with Crippen molar-refractivity contribution in [2.75, 3.05) is 6.54 Å². The van der Waals surface area contributed by atoms with Crippen LogP contribution < -0.4 is 11.1 Å². The number of rotatable bonds is 4. The first-order valence-electron chi connectivity index (χ1n) is 5.97. The summed E-state index contributed by atoms with van der Waals surface area (Å²) in [6, 6.07) is 5.51. The summed E-state index contributed by atoms with van der Waals surface area (Å²) in [6.45, 7) is 4.76. The lowest BCUT2D eigenvalue weighted by molar-refractivity contribution is 0.593. The average Bonchev–Trinajstić information content (AvgIpc) is 2.57. The van der Waals surface area contributed by atoms with Crippen LogP contribution in [0, 0.1) is 0 Å². The number of hydrogen-bond donors (Lipinski definition) is 2. The Morgan fingerprint density at radius 2 is 2.06 bits per heavy atom. The maximum Gasteiger partial charge on any atom is 0.204 e. The monoisotopic (exact) mass is 266 g/mol. The quantitative estimate of drug-likeness (QED) is 0.861. The van der Waals surface area contributed by atoms with Gasteiger partial charge in [-0.25, -0.2) is 8.42 Å². The van der Waals surface area contributed by atoms with Gasteiger partial charge in [0.25, 0.3) is 0 Å². The van der Waals surface area contributed by atoms with E-state index in [1.54, 1.807) is 18.2 Å². The number of nitrogens with two attached hydrogens (primary N) is 1. The van der Waals surface area contributed by atoms with Gasteiger partial charge < -0.3 is 11.1 Å². The van der Waals surface area contributed by atoms with Crippen molar-refractivity contribution >= 4 is 15.9 Å². The molecule has 0 atom stereocenters. The van der Waals surface area contributed by atoms with E-state index in [1.807, 2.05) is 19.9 Å². The van der Waals surface area contributed by atoms with Crippen molar-refractivity contribution in [3.8, 4) is 0 Å². The third-order valence-corrected chi connectivity index (χ3v) is 4.85. The zero-order valence-electron chi connectivity index (χ0n) is 10.6. The van der Waals surface area contributed by atoms with Gasteiger partial charge in [-0.15, -0.1) is 0 Å². The Labute approximate surface area is 108 Å². The molecule has 3 N–H and O–H groups in total. The molecule has 0 amide bonds. The van der Waals surface area contributed by atoms with Crippen LogP contribution in [-0.2, 0) is 16.4 Å². The molecule has 5 heteroatoms. The Balaban J connectivity index is 2.36. The summed E-state index contributed by atoms with van der Waals surface area (Å²) >= 11 is 0. The molecule has 0 aromatic heterocycles. The zero-order chi connectivity index (χ0) is 13.3. The van der Waals surface area contributed by atoms with Crippen molar-refractivity contribution in [1.82, 2.24) is 5.32 Å². The lowest BCUT2D eigenvalue weighted by Gasteiger charge is -2.08. The molecule has 2 rings (SSSR count). The minimum absolute atomic E-state index is 0.254. The fraction of sp³-hybridized carbons (Fsp3) is 0.385. The molecule has 0 saturated carbocycles. The van der Waals surface area contributed by atoms with Crippen LogP contribution in [0.15, 0.2) is 28.0 Å².